The molecule has 0 unspecified atom stereocenters. The highest BCUT2D eigenvalue weighted by molar-refractivity contribution is 6.25. The van der Waals surface area contributed by atoms with Crippen LogP contribution in [0.2, 0.25) is 0 Å². The highest BCUT2D eigenvalue weighted by atomic mass is 15.1. The Bertz CT molecular complexity index is 7550. The lowest BCUT2D eigenvalue weighted by molar-refractivity contribution is 1.00. The summed E-state index contributed by atoms with van der Waals surface area (Å²) in [5, 5.41) is 20.4. The number of rotatable bonds is 10. The Morgan fingerprint density at radius 1 is 0.175 bits per heavy atom. The van der Waals surface area contributed by atoms with Crippen molar-refractivity contribution in [3.05, 3.63) is 449 Å². The summed E-state index contributed by atoms with van der Waals surface area (Å²) in [5.74, 6) is 1.93. The second-order valence-corrected chi connectivity index (χ2v) is 30.2. The van der Waals surface area contributed by atoms with Crippen molar-refractivity contribution >= 4 is 108 Å². The Morgan fingerprint density at radius 3 is 0.850 bits per heavy atom. The molecule has 0 N–H and O–H groups in total. The van der Waals surface area contributed by atoms with Crippen LogP contribution < -0.4 is 0 Å². The van der Waals surface area contributed by atoms with Crippen molar-refractivity contribution in [2.45, 2.75) is 29.2 Å². The molecule has 0 aliphatic heterocycles. The molecule has 0 fully saturated rings. The van der Waals surface area contributed by atoms with Gasteiger partial charge in [-0.2, -0.15) is 0 Å². The third-order valence-electron chi connectivity index (χ3n) is 23.3. The standard InChI is InChI=1S/C43H28N2.C40H28N2.C30H20.3CH4/c1-2-13-31(14-3-1)43-44-39-20-10-11-21-40(39)45(43)34-26-24-30(25-27-34)41-35-16-6-8-18-37(35)42(38-19-9-7-17-36(38)41)33-23-22-29-12-4-5-15-32(29)28-33;1-27-41-37-25-24-31(26-38(37)42(27)32-14-6-3-7-15-32)28-20-22-30(23-21-28)40-35-18-10-8-16-33(35)39(29-12-4-2-5-13-29)34-17-9-11-19-36(34)40;1-2-11-22(12-3-1)29-25-14-6-8-16-27(25)30(28-17-9-7-15-26(28)29)24-19-18-21-10-4-5-13-23(21)20-24;;;/h1-28H;2-26H,1H3;1-20H;3*1H4. The van der Waals surface area contributed by atoms with Gasteiger partial charge >= 0.3 is 0 Å². The molecule has 572 valence electrons. The third-order valence-corrected chi connectivity index (χ3v) is 23.3. The smallest absolute Gasteiger partial charge is 0.145 e. The van der Waals surface area contributed by atoms with E-state index in [0.29, 0.717) is 0 Å². The van der Waals surface area contributed by atoms with Crippen molar-refractivity contribution in [1.29, 1.82) is 0 Å². The van der Waals surface area contributed by atoms with E-state index < -0.39 is 0 Å². The van der Waals surface area contributed by atoms with Crippen molar-refractivity contribution in [2.75, 3.05) is 0 Å². The quantitative estimate of drug-likeness (QED) is 0.128. The van der Waals surface area contributed by atoms with Gasteiger partial charge in [-0.25, -0.2) is 9.97 Å². The minimum atomic E-state index is 0. The summed E-state index contributed by atoms with van der Waals surface area (Å²) in [6.07, 6.45) is 0. The molecule has 4 nitrogen and oxygen atoms in total. The Labute approximate surface area is 701 Å². The molecule has 23 aromatic rings. The van der Waals surface area contributed by atoms with Crippen molar-refractivity contribution in [1.82, 2.24) is 19.1 Å². The summed E-state index contributed by atoms with van der Waals surface area (Å²) in [6, 6.07) is 159. The molecule has 23 rings (SSSR count). The van der Waals surface area contributed by atoms with Crippen LogP contribution in [-0.2, 0) is 0 Å². The minimum Gasteiger partial charge on any atom is -0.297 e. The molecule has 0 aliphatic carbocycles. The van der Waals surface area contributed by atoms with Gasteiger partial charge in [0, 0.05) is 16.9 Å². The molecule has 0 saturated heterocycles. The summed E-state index contributed by atoms with van der Waals surface area (Å²) in [5.41, 5.74) is 25.1. The molecule has 2 heterocycles. The average Bonchev–Trinajstić information content (AvgIpc) is 1.04. The van der Waals surface area contributed by atoms with Crippen LogP contribution in [0.25, 0.3) is 209 Å². The summed E-state index contributed by atoms with van der Waals surface area (Å²) >= 11 is 0. The maximum Gasteiger partial charge on any atom is 0.145 e. The lowest BCUT2D eigenvalue weighted by Crippen LogP contribution is -1.97. The van der Waals surface area contributed by atoms with E-state index in [0.717, 1.165) is 50.7 Å². The first-order chi connectivity index (χ1) is 58.0. The first-order valence-electron chi connectivity index (χ1n) is 40.2. The fourth-order valence-corrected chi connectivity index (χ4v) is 18.1. The van der Waals surface area contributed by atoms with Crippen LogP contribution in [0.3, 0.4) is 0 Å². The topological polar surface area (TPSA) is 35.6 Å². The Morgan fingerprint density at radius 2 is 0.450 bits per heavy atom. The molecule has 21 aromatic carbocycles. The van der Waals surface area contributed by atoms with Crippen LogP contribution in [-0.4, -0.2) is 19.1 Å². The van der Waals surface area contributed by atoms with E-state index in [9.17, 15) is 0 Å². The molecule has 0 spiro atoms. The lowest BCUT2D eigenvalue weighted by atomic mass is 9.85. The fourth-order valence-electron chi connectivity index (χ4n) is 18.1. The first-order valence-corrected chi connectivity index (χ1v) is 40.2. The number of benzene rings is 21. The normalized spacial score (nSPS) is 11.2. The molecule has 0 aliphatic rings. The van der Waals surface area contributed by atoms with Crippen LogP contribution in [0.4, 0.5) is 0 Å². The average molecular weight is 1540 g/mol. The second kappa shape index (κ2) is 32.7. The van der Waals surface area contributed by atoms with Gasteiger partial charge in [0.1, 0.15) is 11.6 Å². The molecule has 0 saturated carbocycles. The number of aryl methyl sites for hydroxylation is 1. The number of nitrogens with zero attached hydrogens (tertiary/aromatic N) is 4. The van der Waals surface area contributed by atoms with E-state index in [4.69, 9.17) is 9.97 Å². The van der Waals surface area contributed by atoms with E-state index in [1.807, 2.05) is 12.1 Å². The predicted octanol–water partition coefficient (Wildman–Crippen LogP) is 32.5. The number of hydrogen-bond acceptors (Lipinski definition) is 2. The molecule has 2 aromatic heterocycles. The van der Waals surface area contributed by atoms with Crippen molar-refractivity contribution in [3.8, 4) is 101 Å². The Kier molecular flexibility index (Phi) is 20.7. The zero-order chi connectivity index (χ0) is 77.7. The molecule has 0 amide bonds. The monoisotopic (exact) mass is 1540 g/mol. The highest BCUT2D eigenvalue weighted by Crippen LogP contribution is 2.49. The minimum absolute atomic E-state index is 0. The second-order valence-electron chi connectivity index (χ2n) is 30.2. The van der Waals surface area contributed by atoms with Crippen molar-refractivity contribution < 1.29 is 0 Å². The molecule has 0 radical (unpaired) electrons. The number of hydrogen-bond donors (Lipinski definition) is 0. The number of para-hydroxylation sites is 3. The molecule has 4 heteroatoms. The summed E-state index contributed by atoms with van der Waals surface area (Å²) < 4.78 is 4.51. The summed E-state index contributed by atoms with van der Waals surface area (Å²) in [4.78, 5) is 9.87. The summed E-state index contributed by atoms with van der Waals surface area (Å²) in [6.45, 7) is 2.07. The molecule has 120 heavy (non-hydrogen) atoms. The van der Waals surface area contributed by atoms with Crippen LogP contribution in [0.15, 0.2) is 443 Å². The highest BCUT2D eigenvalue weighted by Gasteiger charge is 2.23. The van der Waals surface area contributed by atoms with E-state index in [1.54, 1.807) is 0 Å². The summed E-state index contributed by atoms with van der Waals surface area (Å²) in [7, 11) is 0. The van der Waals surface area contributed by atoms with Crippen LogP contribution in [0, 0.1) is 6.92 Å². The number of fused-ring (bicyclic) bond motifs is 10. The van der Waals surface area contributed by atoms with E-state index >= 15 is 0 Å². The van der Waals surface area contributed by atoms with Crippen LogP contribution in [0.1, 0.15) is 28.1 Å². The first kappa shape index (κ1) is 76.0. The van der Waals surface area contributed by atoms with Gasteiger partial charge in [0.25, 0.3) is 0 Å². The molecule has 0 bridgehead atoms. The van der Waals surface area contributed by atoms with E-state index in [-0.39, 0.29) is 22.3 Å². The third kappa shape index (κ3) is 13.7. The zero-order valence-corrected chi connectivity index (χ0v) is 64.4. The lowest BCUT2D eigenvalue weighted by Gasteiger charge is -2.18. The predicted molar refractivity (Wildman–Crippen MR) is 517 cm³/mol. The number of aromatic nitrogens is 4. The van der Waals surface area contributed by atoms with Gasteiger partial charge in [-0.1, -0.05) is 404 Å². The largest absolute Gasteiger partial charge is 0.297 e. The Hall–Kier alpha value is -15.4. The fraction of sp³-hybridized carbons (Fsp3) is 0.0345. The Balaban J connectivity index is 0.000000124. The van der Waals surface area contributed by atoms with Crippen molar-refractivity contribution in [2.24, 2.45) is 0 Å². The maximum atomic E-state index is 5.04. The van der Waals surface area contributed by atoms with Gasteiger partial charge in [0.05, 0.1) is 22.1 Å². The van der Waals surface area contributed by atoms with Gasteiger partial charge in [0.15, 0.2) is 0 Å². The van der Waals surface area contributed by atoms with Crippen LogP contribution >= 0.6 is 0 Å². The molecular formula is C116H88N4. The molecule has 0 atom stereocenters. The van der Waals surface area contributed by atoms with Gasteiger partial charge in [-0.15, -0.1) is 0 Å². The van der Waals surface area contributed by atoms with Crippen LogP contribution in [0.5, 0.6) is 0 Å². The van der Waals surface area contributed by atoms with Gasteiger partial charge in [0.2, 0.25) is 0 Å². The van der Waals surface area contributed by atoms with E-state index in [2.05, 4.69) is 447 Å². The maximum absolute atomic E-state index is 5.04. The zero-order valence-electron chi connectivity index (χ0n) is 64.4. The van der Waals surface area contributed by atoms with Gasteiger partial charge < -0.3 is 0 Å². The van der Waals surface area contributed by atoms with E-state index in [1.165, 1.54) is 164 Å². The van der Waals surface area contributed by atoms with Crippen molar-refractivity contribution in [3.63, 3.8) is 0 Å². The van der Waals surface area contributed by atoms with Gasteiger partial charge in [-0.05, 0) is 232 Å². The van der Waals surface area contributed by atoms with Gasteiger partial charge in [-0.3, -0.25) is 9.13 Å². The molecular weight excluding hydrogens is 1450 g/mol. The number of imidazole rings is 2. The SMILES string of the molecule is C.C.C.Cc1nc2ccc(-c3ccc(-c4c5ccccc5c(-c5ccccc5)c5ccccc45)cc3)cc2n1-c1ccccc1.c1ccc(-c2c3ccccc3c(-c3ccc4ccccc4c3)c3ccccc23)cc1.c1ccc(-c2nc3ccccc3n2-c2ccc(-c3c4ccccc4c(-c4ccc5ccccc5c4)c4ccccc34)cc2)cc1.